The molecule has 1 nitrogen and oxygen atoms in total. The molecule has 0 aromatic heterocycles. The quantitative estimate of drug-likeness (QED) is 0.773. The predicted molar refractivity (Wildman–Crippen MR) is 71.7 cm³/mol. The van der Waals surface area contributed by atoms with E-state index in [4.69, 9.17) is 16.3 Å². The van der Waals surface area contributed by atoms with E-state index in [1.54, 1.807) is 0 Å². The number of rotatable bonds is 3. The molecule has 2 rings (SSSR count). The Morgan fingerprint density at radius 3 is 2.12 bits per heavy atom. The van der Waals surface area contributed by atoms with Crippen LogP contribution in [0.15, 0.2) is 42.5 Å². The van der Waals surface area contributed by atoms with Crippen molar-refractivity contribution in [2.24, 2.45) is 0 Å². The molecule has 0 spiro atoms. The molecule has 0 aliphatic heterocycles. The number of aryl methyl sites for hydroxylation is 2. The molecule has 0 saturated carbocycles. The molecule has 0 atom stereocenters. The highest BCUT2D eigenvalue weighted by Gasteiger charge is 1.98. The summed E-state index contributed by atoms with van der Waals surface area (Å²) in [5.41, 5.74) is 3.72. The molecule has 2 heteroatoms. The number of benzene rings is 2. The van der Waals surface area contributed by atoms with Crippen molar-refractivity contribution in [3.8, 4) is 5.75 Å². The summed E-state index contributed by atoms with van der Waals surface area (Å²) in [5.74, 6) is 0.841. The van der Waals surface area contributed by atoms with Crippen LogP contribution in [-0.4, -0.2) is 0 Å². The van der Waals surface area contributed by atoms with E-state index in [9.17, 15) is 0 Å². The summed E-state index contributed by atoms with van der Waals surface area (Å²) in [4.78, 5) is 0. The average Bonchev–Trinajstić information content (AvgIpc) is 2.27. The Kier molecular flexibility index (Phi) is 3.70. The number of ether oxygens (including phenoxy) is 1. The third-order valence-corrected chi connectivity index (χ3v) is 2.75. The lowest BCUT2D eigenvalue weighted by atomic mass is 10.1. The fraction of sp³-hybridized carbons (Fsp3) is 0.200. The standard InChI is InChI=1S/C15H15ClO/c1-11-7-12(2)9-13(8-11)10-17-15-5-3-14(16)4-6-15/h3-9H,10H2,1-2H3. The molecule has 0 heterocycles. The smallest absolute Gasteiger partial charge is 0.119 e. The van der Waals surface area contributed by atoms with Gasteiger partial charge in [-0.2, -0.15) is 0 Å². The molecule has 0 amide bonds. The number of hydrogen-bond donors (Lipinski definition) is 0. The lowest BCUT2D eigenvalue weighted by Gasteiger charge is -2.08. The minimum atomic E-state index is 0.587. The fourth-order valence-electron chi connectivity index (χ4n) is 1.85. The van der Waals surface area contributed by atoms with Crippen LogP contribution in [0.4, 0.5) is 0 Å². The molecular formula is C15H15ClO. The van der Waals surface area contributed by atoms with Crippen LogP contribution in [0.5, 0.6) is 5.75 Å². The van der Waals surface area contributed by atoms with Crippen LogP contribution in [-0.2, 0) is 6.61 Å². The second-order valence-electron chi connectivity index (χ2n) is 4.24. The van der Waals surface area contributed by atoms with E-state index in [-0.39, 0.29) is 0 Å². The SMILES string of the molecule is Cc1cc(C)cc(COc2ccc(Cl)cc2)c1. The highest BCUT2D eigenvalue weighted by molar-refractivity contribution is 6.30. The first-order chi connectivity index (χ1) is 8.13. The second-order valence-corrected chi connectivity index (χ2v) is 4.67. The first kappa shape index (κ1) is 12.0. The maximum Gasteiger partial charge on any atom is 0.119 e. The fourth-order valence-corrected chi connectivity index (χ4v) is 1.98. The third-order valence-electron chi connectivity index (χ3n) is 2.50. The molecule has 0 saturated heterocycles. The van der Waals surface area contributed by atoms with Gasteiger partial charge in [-0.25, -0.2) is 0 Å². The van der Waals surface area contributed by atoms with Crippen LogP contribution in [0, 0.1) is 13.8 Å². The zero-order valence-electron chi connectivity index (χ0n) is 10.0. The van der Waals surface area contributed by atoms with Crippen molar-refractivity contribution in [1.29, 1.82) is 0 Å². The Morgan fingerprint density at radius 1 is 0.941 bits per heavy atom. The number of halogens is 1. The highest BCUT2D eigenvalue weighted by Crippen LogP contribution is 2.17. The van der Waals surface area contributed by atoms with Crippen molar-refractivity contribution < 1.29 is 4.74 Å². The van der Waals surface area contributed by atoms with Crippen molar-refractivity contribution in [2.75, 3.05) is 0 Å². The van der Waals surface area contributed by atoms with Gasteiger partial charge in [0.2, 0.25) is 0 Å². The average molecular weight is 247 g/mol. The minimum absolute atomic E-state index is 0.587. The van der Waals surface area contributed by atoms with E-state index in [1.165, 1.54) is 16.7 Å². The van der Waals surface area contributed by atoms with Gasteiger partial charge in [0.05, 0.1) is 0 Å². The molecule has 2 aromatic carbocycles. The maximum absolute atomic E-state index is 5.81. The van der Waals surface area contributed by atoms with Crippen molar-refractivity contribution >= 4 is 11.6 Å². The van der Waals surface area contributed by atoms with Crippen LogP contribution in [0.2, 0.25) is 5.02 Å². The molecule has 0 aliphatic rings. The first-order valence-electron chi connectivity index (χ1n) is 5.59. The zero-order chi connectivity index (χ0) is 12.3. The molecule has 17 heavy (non-hydrogen) atoms. The summed E-state index contributed by atoms with van der Waals surface area (Å²) in [7, 11) is 0. The summed E-state index contributed by atoms with van der Waals surface area (Å²) in [6, 6.07) is 13.9. The second kappa shape index (κ2) is 5.24. The van der Waals surface area contributed by atoms with Gasteiger partial charge < -0.3 is 4.74 Å². The van der Waals surface area contributed by atoms with Crippen molar-refractivity contribution in [2.45, 2.75) is 20.5 Å². The van der Waals surface area contributed by atoms with Crippen LogP contribution in [0.1, 0.15) is 16.7 Å². The van der Waals surface area contributed by atoms with Gasteiger partial charge in [-0.15, -0.1) is 0 Å². The monoisotopic (exact) mass is 246 g/mol. The van der Waals surface area contributed by atoms with E-state index in [0.717, 1.165) is 10.8 Å². The van der Waals surface area contributed by atoms with Crippen molar-refractivity contribution in [1.82, 2.24) is 0 Å². The molecule has 0 radical (unpaired) electrons. The molecule has 0 N–H and O–H groups in total. The minimum Gasteiger partial charge on any atom is -0.489 e. The Labute approximate surface area is 107 Å². The Bertz CT molecular complexity index is 483. The van der Waals surface area contributed by atoms with E-state index in [1.807, 2.05) is 24.3 Å². The van der Waals surface area contributed by atoms with E-state index < -0.39 is 0 Å². The van der Waals surface area contributed by atoms with Gasteiger partial charge in [-0.1, -0.05) is 40.9 Å². The molecule has 0 bridgehead atoms. The van der Waals surface area contributed by atoms with Gasteiger partial charge >= 0.3 is 0 Å². The van der Waals surface area contributed by atoms with Crippen LogP contribution >= 0.6 is 11.6 Å². The summed E-state index contributed by atoms with van der Waals surface area (Å²) in [6.45, 7) is 4.78. The molecule has 88 valence electrons. The Morgan fingerprint density at radius 2 is 1.53 bits per heavy atom. The molecule has 0 aliphatic carbocycles. The zero-order valence-corrected chi connectivity index (χ0v) is 10.8. The normalized spacial score (nSPS) is 10.3. The lowest BCUT2D eigenvalue weighted by Crippen LogP contribution is -1.96. The molecular weight excluding hydrogens is 232 g/mol. The van der Waals surface area contributed by atoms with E-state index >= 15 is 0 Å². The molecule has 2 aromatic rings. The van der Waals surface area contributed by atoms with Gasteiger partial charge in [0.15, 0.2) is 0 Å². The third kappa shape index (κ3) is 3.50. The van der Waals surface area contributed by atoms with Crippen LogP contribution in [0.3, 0.4) is 0 Å². The van der Waals surface area contributed by atoms with Gasteiger partial charge in [0.25, 0.3) is 0 Å². The van der Waals surface area contributed by atoms with Gasteiger partial charge in [0.1, 0.15) is 12.4 Å². The van der Waals surface area contributed by atoms with E-state index in [0.29, 0.717) is 6.61 Å². The van der Waals surface area contributed by atoms with Crippen molar-refractivity contribution in [3.05, 3.63) is 64.2 Å². The van der Waals surface area contributed by atoms with Crippen LogP contribution in [0.25, 0.3) is 0 Å². The number of hydrogen-bond acceptors (Lipinski definition) is 1. The maximum atomic E-state index is 5.81. The topological polar surface area (TPSA) is 9.23 Å². The molecule has 0 fully saturated rings. The van der Waals surface area contributed by atoms with Crippen LogP contribution < -0.4 is 4.74 Å². The Hall–Kier alpha value is -1.47. The Balaban J connectivity index is 2.04. The predicted octanol–water partition coefficient (Wildman–Crippen LogP) is 4.54. The van der Waals surface area contributed by atoms with Gasteiger partial charge in [0, 0.05) is 5.02 Å². The van der Waals surface area contributed by atoms with Gasteiger partial charge in [-0.05, 0) is 43.7 Å². The lowest BCUT2D eigenvalue weighted by molar-refractivity contribution is 0.306. The largest absolute Gasteiger partial charge is 0.489 e. The highest BCUT2D eigenvalue weighted by atomic mass is 35.5. The summed E-state index contributed by atoms with van der Waals surface area (Å²) < 4.78 is 5.70. The van der Waals surface area contributed by atoms with Gasteiger partial charge in [-0.3, -0.25) is 0 Å². The van der Waals surface area contributed by atoms with Crippen molar-refractivity contribution in [3.63, 3.8) is 0 Å². The summed E-state index contributed by atoms with van der Waals surface area (Å²) in [5, 5.41) is 0.726. The first-order valence-corrected chi connectivity index (χ1v) is 5.97. The van der Waals surface area contributed by atoms with E-state index in [2.05, 4.69) is 32.0 Å². The summed E-state index contributed by atoms with van der Waals surface area (Å²) in [6.07, 6.45) is 0. The summed E-state index contributed by atoms with van der Waals surface area (Å²) >= 11 is 5.81. The molecule has 0 unspecified atom stereocenters.